The molecule has 6 heteroatoms. The van der Waals surface area contributed by atoms with E-state index < -0.39 is 6.10 Å². The van der Waals surface area contributed by atoms with Gasteiger partial charge in [0.2, 0.25) is 5.91 Å². The largest absolute Gasteiger partial charge is 0.508 e. The Balaban J connectivity index is 1.58. The molecule has 2 aromatic rings. The maximum Gasteiger partial charge on any atom is 0.227 e. The fourth-order valence-corrected chi connectivity index (χ4v) is 3.01. The number of carbonyl (C=O) groups excluding carboxylic acids is 1. The Hall–Kier alpha value is -2.34. The minimum Gasteiger partial charge on any atom is -0.508 e. The number of amides is 1. The molecule has 1 aromatic heterocycles. The third-order valence-corrected chi connectivity index (χ3v) is 4.28. The summed E-state index contributed by atoms with van der Waals surface area (Å²) in [5, 5.41) is 26.6. The molecule has 0 saturated carbocycles. The molecule has 0 bridgehead atoms. The van der Waals surface area contributed by atoms with Crippen molar-refractivity contribution in [3.63, 3.8) is 0 Å². The molecular weight excluding hydrogens is 294 g/mol. The van der Waals surface area contributed by atoms with Crippen LogP contribution >= 0.6 is 0 Å². The SMILES string of the molecule is Cc1cc(C[C@@H]2CN(C(=O)Cc3ccc(O)cc3)C[C@H]2O)n[nH]1. The summed E-state index contributed by atoms with van der Waals surface area (Å²) in [7, 11) is 0. The summed E-state index contributed by atoms with van der Waals surface area (Å²) in [5.41, 5.74) is 2.76. The number of benzene rings is 1. The van der Waals surface area contributed by atoms with E-state index in [4.69, 9.17) is 0 Å². The summed E-state index contributed by atoms with van der Waals surface area (Å²) in [4.78, 5) is 14.1. The smallest absolute Gasteiger partial charge is 0.227 e. The van der Waals surface area contributed by atoms with Crippen LogP contribution in [0.15, 0.2) is 30.3 Å². The van der Waals surface area contributed by atoms with Gasteiger partial charge in [0.25, 0.3) is 0 Å². The lowest BCUT2D eigenvalue weighted by molar-refractivity contribution is -0.129. The lowest BCUT2D eigenvalue weighted by Crippen LogP contribution is -2.31. The van der Waals surface area contributed by atoms with Gasteiger partial charge in [0.05, 0.1) is 18.2 Å². The van der Waals surface area contributed by atoms with Crippen molar-refractivity contribution in [2.24, 2.45) is 5.92 Å². The molecule has 0 aliphatic carbocycles. The lowest BCUT2D eigenvalue weighted by Gasteiger charge is -2.16. The Bertz CT molecular complexity index is 681. The van der Waals surface area contributed by atoms with Crippen LogP contribution in [0.3, 0.4) is 0 Å². The molecule has 1 aliphatic heterocycles. The molecule has 1 fully saturated rings. The number of aromatic nitrogens is 2. The van der Waals surface area contributed by atoms with Crippen molar-refractivity contribution in [2.45, 2.75) is 25.9 Å². The minimum absolute atomic E-state index is 0.00421. The number of aliphatic hydroxyl groups excluding tert-OH is 1. The highest BCUT2D eigenvalue weighted by Crippen LogP contribution is 2.22. The Morgan fingerprint density at radius 1 is 1.35 bits per heavy atom. The lowest BCUT2D eigenvalue weighted by atomic mass is 10.0. The van der Waals surface area contributed by atoms with Gasteiger partial charge in [0, 0.05) is 24.7 Å². The Labute approximate surface area is 134 Å². The van der Waals surface area contributed by atoms with Gasteiger partial charge >= 0.3 is 0 Å². The van der Waals surface area contributed by atoms with E-state index in [-0.39, 0.29) is 24.0 Å². The Morgan fingerprint density at radius 3 is 2.74 bits per heavy atom. The van der Waals surface area contributed by atoms with Crippen molar-refractivity contribution in [1.82, 2.24) is 15.1 Å². The summed E-state index contributed by atoms with van der Waals surface area (Å²) in [6, 6.07) is 8.59. The minimum atomic E-state index is -0.518. The van der Waals surface area contributed by atoms with E-state index in [9.17, 15) is 15.0 Å². The molecule has 0 spiro atoms. The average molecular weight is 315 g/mol. The molecule has 1 aromatic carbocycles. The molecule has 23 heavy (non-hydrogen) atoms. The first-order chi connectivity index (χ1) is 11.0. The summed E-state index contributed by atoms with van der Waals surface area (Å²) < 4.78 is 0. The van der Waals surface area contributed by atoms with Crippen LogP contribution in [-0.2, 0) is 17.6 Å². The van der Waals surface area contributed by atoms with E-state index in [0.717, 1.165) is 17.0 Å². The molecule has 2 heterocycles. The number of nitrogens with zero attached hydrogens (tertiary/aromatic N) is 2. The van der Waals surface area contributed by atoms with Crippen LogP contribution in [0.1, 0.15) is 17.0 Å². The molecule has 3 N–H and O–H groups in total. The number of hydrogen-bond donors (Lipinski definition) is 3. The summed E-state index contributed by atoms with van der Waals surface area (Å²) in [5.74, 6) is 0.198. The average Bonchev–Trinajstić information content (AvgIpc) is 3.08. The second-order valence-electron chi connectivity index (χ2n) is 6.22. The highest BCUT2D eigenvalue weighted by Gasteiger charge is 2.34. The number of aryl methyl sites for hydroxylation is 1. The van der Waals surface area contributed by atoms with Gasteiger partial charge in [0.1, 0.15) is 5.75 Å². The van der Waals surface area contributed by atoms with E-state index >= 15 is 0 Å². The third-order valence-electron chi connectivity index (χ3n) is 4.28. The number of hydrogen-bond acceptors (Lipinski definition) is 4. The number of aromatic amines is 1. The molecule has 3 rings (SSSR count). The van der Waals surface area contributed by atoms with Gasteiger partial charge < -0.3 is 15.1 Å². The van der Waals surface area contributed by atoms with E-state index in [0.29, 0.717) is 19.5 Å². The second kappa shape index (κ2) is 6.42. The van der Waals surface area contributed by atoms with E-state index in [2.05, 4.69) is 10.2 Å². The summed E-state index contributed by atoms with van der Waals surface area (Å²) in [6.45, 7) is 2.85. The van der Waals surface area contributed by atoms with E-state index in [1.54, 1.807) is 29.2 Å². The molecule has 1 aliphatic rings. The van der Waals surface area contributed by atoms with Gasteiger partial charge in [-0.1, -0.05) is 12.1 Å². The monoisotopic (exact) mass is 315 g/mol. The van der Waals surface area contributed by atoms with Crippen molar-refractivity contribution in [2.75, 3.05) is 13.1 Å². The maximum atomic E-state index is 12.4. The number of nitrogens with one attached hydrogen (secondary N) is 1. The quantitative estimate of drug-likeness (QED) is 0.786. The Kier molecular flexibility index (Phi) is 4.34. The van der Waals surface area contributed by atoms with Gasteiger partial charge in [-0.2, -0.15) is 5.10 Å². The predicted octanol–water partition coefficient (Wildman–Crippen LogP) is 1.03. The van der Waals surface area contributed by atoms with Gasteiger partial charge in [-0.15, -0.1) is 0 Å². The summed E-state index contributed by atoms with van der Waals surface area (Å²) >= 11 is 0. The standard InChI is InChI=1S/C17H21N3O3/c1-11-6-14(19-18-11)8-13-9-20(10-16(13)22)17(23)7-12-2-4-15(21)5-3-12/h2-6,13,16,21-22H,7-10H2,1H3,(H,18,19)/t13-,16-/m1/s1. The highest BCUT2D eigenvalue weighted by molar-refractivity contribution is 5.79. The van der Waals surface area contributed by atoms with Crippen LogP contribution in [-0.4, -0.2) is 50.4 Å². The number of carbonyl (C=O) groups is 1. The van der Waals surface area contributed by atoms with Crippen LogP contribution in [0, 0.1) is 12.8 Å². The number of aliphatic hydroxyl groups is 1. The Morgan fingerprint density at radius 2 is 2.09 bits per heavy atom. The molecule has 0 unspecified atom stereocenters. The molecule has 1 amide bonds. The van der Waals surface area contributed by atoms with Crippen molar-refractivity contribution in [1.29, 1.82) is 0 Å². The van der Waals surface area contributed by atoms with Crippen LogP contribution in [0.25, 0.3) is 0 Å². The number of aromatic hydroxyl groups is 1. The van der Waals surface area contributed by atoms with Gasteiger partial charge in [-0.05, 0) is 37.1 Å². The fraction of sp³-hybridized carbons (Fsp3) is 0.412. The summed E-state index contributed by atoms with van der Waals surface area (Å²) in [6.07, 6.45) is 0.422. The predicted molar refractivity (Wildman–Crippen MR) is 84.9 cm³/mol. The number of phenols is 1. The molecule has 122 valence electrons. The first kappa shape index (κ1) is 15.6. The van der Waals surface area contributed by atoms with Crippen molar-refractivity contribution >= 4 is 5.91 Å². The van der Waals surface area contributed by atoms with Crippen molar-refractivity contribution in [3.8, 4) is 5.75 Å². The van der Waals surface area contributed by atoms with E-state index in [1.807, 2.05) is 13.0 Å². The molecule has 6 nitrogen and oxygen atoms in total. The van der Waals surface area contributed by atoms with Crippen molar-refractivity contribution < 1.29 is 15.0 Å². The number of phenolic OH excluding ortho intramolecular Hbond substituents is 1. The molecule has 0 radical (unpaired) electrons. The number of H-pyrrole nitrogens is 1. The van der Waals surface area contributed by atoms with Crippen LogP contribution in [0.2, 0.25) is 0 Å². The molecule has 1 saturated heterocycles. The van der Waals surface area contributed by atoms with Crippen LogP contribution in [0.4, 0.5) is 0 Å². The topological polar surface area (TPSA) is 89.5 Å². The van der Waals surface area contributed by atoms with Gasteiger partial charge in [-0.25, -0.2) is 0 Å². The van der Waals surface area contributed by atoms with Crippen LogP contribution < -0.4 is 0 Å². The van der Waals surface area contributed by atoms with Crippen molar-refractivity contribution in [3.05, 3.63) is 47.3 Å². The molecule has 2 atom stereocenters. The first-order valence-corrected chi connectivity index (χ1v) is 7.76. The van der Waals surface area contributed by atoms with Gasteiger partial charge in [0.15, 0.2) is 0 Å². The van der Waals surface area contributed by atoms with E-state index in [1.165, 1.54) is 0 Å². The number of likely N-dealkylation sites (tertiary alicyclic amines) is 1. The zero-order valence-corrected chi connectivity index (χ0v) is 13.1. The highest BCUT2D eigenvalue weighted by atomic mass is 16.3. The van der Waals surface area contributed by atoms with Gasteiger partial charge in [-0.3, -0.25) is 9.89 Å². The first-order valence-electron chi connectivity index (χ1n) is 7.76. The zero-order chi connectivity index (χ0) is 16.4. The number of rotatable bonds is 4. The maximum absolute atomic E-state index is 12.4. The third kappa shape index (κ3) is 3.71. The molecular formula is C17H21N3O3. The van der Waals surface area contributed by atoms with Crippen LogP contribution in [0.5, 0.6) is 5.75 Å². The second-order valence-corrected chi connectivity index (χ2v) is 6.22. The fourth-order valence-electron chi connectivity index (χ4n) is 3.01. The normalized spacial score (nSPS) is 20.9. The zero-order valence-electron chi connectivity index (χ0n) is 13.1. The number of β-amino-alcohol motifs (C(OH)–C–C–N with tert-alkyl or cyclic N) is 1.